The Hall–Kier alpha value is -0.620. The van der Waals surface area contributed by atoms with Gasteiger partial charge < -0.3 is 5.11 Å². The Bertz CT molecular complexity index is 424. The highest BCUT2D eigenvalue weighted by atomic mass is 32.2. The third-order valence-corrected chi connectivity index (χ3v) is 6.05. The van der Waals surface area contributed by atoms with Crippen LogP contribution in [0.3, 0.4) is 0 Å². The first-order valence-corrected chi connectivity index (χ1v) is 7.78. The van der Waals surface area contributed by atoms with Gasteiger partial charge in [0.05, 0.1) is 4.75 Å². The molecule has 106 valence electrons. The number of hydrogen-bond acceptors (Lipinski definition) is 3. The highest BCUT2D eigenvalue weighted by Gasteiger charge is 2.49. The maximum Gasteiger partial charge on any atom is 0.325 e. The van der Waals surface area contributed by atoms with Gasteiger partial charge in [-0.3, -0.25) is 4.79 Å². The van der Waals surface area contributed by atoms with E-state index in [1.165, 1.54) is 0 Å². The molecule has 5 nitrogen and oxygen atoms in total. The van der Waals surface area contributed by atoms with Gasteiger partial charge in [-0.1, -0.05) is 19.8 Å². The molecule has 0 radical (unpaired) electrons. The SMILES string of the molecule is CC1CCCCC1(NS(=O)(=O)C(C)(C)C)C(=O)O. The monoisotopic (exact) mass is 277 g/mol. The summed E-state index contributed by atoms with van der Waals surface area (Å²) in [4.78, 5) is 11.6. The second-order valence-electron chi connectivity index (χ2n) is 6.14. The molecule has 6 heteroatoms. The van der Waals surface area contributed by atoms with E-state index in [4.69, 9.17) is 0 Å². The van der Waals surface area contributed by atoms with Gasteiger partial charge in [0, 0.05) is 0 Å². The van der Waals surface area contributed by atoms with Crippen LogP contribution in [0.15, 0.2) is 0 Å². The maximum absolute atomic E-state index is 12.2. The Morgan fingerprint density at radius 1 is 1.33 bits per heavy atom. The number of carboxylic acid groups (broad SMARTS) is 1. The number of hydrogen-bond donors (Lipinski definition) is 2. The van der Waals surface area contributed by atoms with Crippen molar-refractivity contribution < 1.29 is 18.3 Å². The highest BCUT2D eigenvalue weighted by molar-refractivity contribution is 7.90. The van der Waals surface area contributed by atoms with Crippen LogP contribution in [0.4, 0.5) is 0 Å². The minimum Gasteiger partial charge on any atom is -0.480 e. The van der Waals surface area contributed by atoms with Gasteiger partial charge in [-0.25, -0.2) is 8.42 Å². The molecule has 18 heavy (non-hydrogen) atoms. The average molecular weight is 277 g/mol. The molecule has 1 aliphatic rings. The number of carbonyl (C=O) groups is 1. The first kappa shape index (κ1) is 15.4. The smallest absolute Gasteiger partial charge is 0.325 e. The minimum atomic E-state index is -3.66. The summed E-state index contributed by atoms with van der Waals surface area (Å²) in [5.74, 6) is -1.26. The largest absolute Gasteiger partial charge is 0.480 e. The first-order valence-electron chi connectivity index (χ1n) is 6.30. The van der Waals surface area contributed by atoms with Crippen LogP contribution in [0.25, 0.3) is 0 Å². The molecule has 2 unspecified atom stereocenters. The van der Waals surface area contributed by atoms with Gasteiger partial charge in [0.25, 0.3) is 0 Å². The summed E-state index contributed by atoms with van der Waals surface area (Å²) in [6, 6.07) is 0. The summed E-state index contributed by atoms with van der Waals surface area (Å²) in [6.45, 7) is 6.51. The summed E-state index contributed by atoms with van der Waals surface area (Å²) < 4.78 is 25.9. The second kappa shape index (κ2) is 4.81. The van der Waals surface area contributed by atoms with Crippen LogP contribution in [0, 0.1) is 5.92 Å². The predicted molar refractivity (Wildman–Crippen MR) is 69.8 cm³/mol. The molecule has 1 rings (SSSR count). The van der Waals surface area contributed by atoms with Gasteiger partial charge in [0.1, 0.15) is 5.54 Å². The summed E-state index contributed by atoms with van der Waals surface area (Å²) in [5.41, 5.74) is -1.34. The van der Waals surface area contributed by atoms with E-state index in [1.54, 1.807) is 27.7 Å². The van der Waals surface area contributed by atoms with Crippen LogP contribution in [-0.2, 0) is 14.8 Å². The molecule has 1 aliphatic carbocycles. The third kappa shape index (κ3) is 2.69. The number of rotatable bonds is 3. The fourth-order valence-corrected chi connectivity index (χ4v) is 3.43. The highest BCUT2D eigenvalue weighted by Crippen LogP contribution is 2.35. The van der Waals surface area contributed by atoms with Gasteiger partial charge in [-0.15, -0.1) is 0 Å². The van der Waals surface area contributed by atoms with E-state index in [0.717, 1.165) is 19.3 Å². The van der Waals surface area contributed by atoms with Gasteiger partial charge in [-0.05, 0) is 39.5 Å². The topological polar surface area (TPSA) is 83.5 Å². The Kier molecular flexibility index (Phi) is 4.13. The first-order chi connectivity index (χ1) is 8.03. The molecule has 0 aromatic carbocycles. The van der Waals surface area contributed by atoms with Gasteiger partial charge in [0.2, 0.25) is 10.0 Å². The van der Waals surface area contributed by atoms with Crippen molar-refractivity contribution in [2.45, 2.75) is 63.7 Å². The van der Waals surface area contributed by atoms with E-state index in [9.17, 15) is 18.3 Å². The molecule has 0 saturated heterocycles. The molecule has 2 N–H and O–H groups in total. The van der Waals surface area contributed by atoms with Crippen molar-refractivity contribution in [2.24, 2.45) is 5.92 Å². The molecular weight excluding hydrogens is 254 g/mol. The second-order valence-corrected chi connectivity index (χ2v) is 8.58. The van der Waals surface area contributed by atoms with Crippen molar-refractivity contribution >= 4 is 16.0 Å². The Morgan fingerprint density at radius 3 is 2.28 bits per heavy atom. The van der Waals surface area contributed by atoms with Crippen LogP contribution in [0.5, 0.6) is 0 Å². The lowest BCUT2D eigenvalue weighted by Crippen LogP contribution is -2.62. The van der Waals surface area contributed by atoms with Crippen LogP contribution >= 0.6 is 0 Å². The molecule has 1 saturated carbocycles. The Balaban J connectivity index is 3.12. The zero-order chi connectivity index (χ0) is 14.2. The molecule has 0 bridgehead atoms. The van der Waals surface area contributed by atoms with E-state index in [1.807, 2.05) is 0 Å². The third-order valence-electron chi connectivity index (χ3n) is 3.80. The van der Waals surface area contributed by atoms with Crippen molar-refractivity contribution in [1.82, 2.24) is 4.72 Å². The predicted octanol–water partition coefficient (Wildman–Crippen LogP) is 1.74. The Labute approximate surface area is 109 Å². The van der Waals surface area contributed by atoms with E-state index >= 15 is 0 Å². The molecule has 2 atom stereocenters. The van der Waals surface area contributed by atoms with Crippen LogP contribution in [-0.4, -0.2) is 29.8 Å². The molecular formula is C12H23NO4S. The molecule has 0 aromatic heterocycles. The number of sulfonamides is 1. The van der Waals surface area contributed by atoms with E-state index in [-0.39, 0.29) is 5.92 Å². The van der Waals surface area contributed by atoms with Crippen molar-refractivity contribution in [3.63, 3.8) is 0 Å². The van der Waals surface area contributed by atoms with E-state index in [0.29, 0.717) is 6.42 Å². The maximum atomic E-state index is 12.2. The number of carboxylic acids is 1. The van der Waals surface area contributed by atoms with Crippen molar-refractivity contribution in [1.29, 1.82) is 0 Å². The summed E-state index contributed by atoms with van der Waals surface area (Å²) in [6.07, 6.45) is 2.79. The molecule has 0 amide bonds. The van der Waals surface area contributed by atoms with Crippen molar-refractivity contribution in [3.8, 4) is 0 Å². The van der Waals surface area contributed by atoms with E-state index < -0.39 is 26.3 Å². The van der Waals surface area contributed by atoms with Crippen LogP contribution < -0.4 is 4.72 Å². The van der Waals surface area contributed by atoms with Crippen molar-refractivity contribution in [3.05, 3.63) is 0 Å². The van der Waals surface area contributed by atoms with E-state index in [2.05, 4.69) is 4.72 Å². The zero-order valence-corrected chi connectivity index (χ0v) is 12.3. The lowest BCUT2D eigenvalue weighted by molar-refractivity contribution is -0.147. The fourth-order valence-electron chi connectivity index (χ4n) is 2.25. The zero-order valence-electron chi connectivity index (χ0n) is 11.5. The summed E-state index contributed by atoms with van der Waals surface area (Å²) in [5, 5.41) is 9.46. The number of nitrogens with one attached hydrogen (secondary N) is 1. The normalized spacial score (nSPS) is 30.1. The average Bonchev–Trinajstić information content (AvgIpc) is 2.19. The molecule has 0 spiro atoms. The number of aliphatic carboxylic acids is 1. The van der Waals surface area contributed by atoms with Crippen LogP contribution in [0.1, 0.15) is 53.4 Å². The lowest BCUT2D eigenvalue weighted by atomic mass is 9.74. The molecule has 0 aromatic rings. The van der Waals surface area contributed by atoms with Crippen molar-refractivity contribution in [2.75, 3.05) is 0 Å². The molecule has 1 fully saturated rings. The van der Waals surface area contributed by atoms with Crippen LogP contribution in [0.2, 0.25) is 0 Å². The molecule has 0 aliphatic heterocycles. The standard InChI is InChI=1S/C12H23NO4S/c1-9-7-5-6-8-12(9,10(14)15)13-18(16,17)11(2,3)4/h9,13H,5-8H2,1-4H3,(H,14,15). The van der Waals surface area contributed by atoms with Gasteiger partial charge in [0.15, 0.2) is 0 Å². The minimum absolute atomic E-state index is 0.194. The molecule has 0 heterocycles. The summed E-state index contributed by atoms with van der Waals surface area (Å²) in [7, 11) is -3.66. The lowest BCUT2D eigenvalue weighted by Gasteiger charge is -2.40. The van der Waals surface area contributed by atoms with Gasteiger partial charge >= 0.3 is 5.97 Å². The quantitative estimate of drug-likeness (QED) is 0.823. The van der Waals surface area contributed by atoms with Gasteiger partial charge in [-0.2, -0.15) is 4.72 Å². The fraction of sp³-hybridized carbons (Fsp3) is 0.917. The Morgan fingerprint density at radius 2 is 1.89 bits per heavy atom. The summed E-state index contributed by atoms with van der Waals surface area (Å²) >= 11 is 0.